The molecule has 3 aromatic rings. The summed E-state index contributed by atoms with van der Waals surface area (Å²) in [6.07, 6.45) is 3.14. The van der Waals surface area contributed by atoms with Gasteiger partial charge < -0.3 is 5.11 Å². The summed E-state index contributed by atoms with van der Waals surface area (Å²) in [7, 11) is 0. The lowest BCUT2D eigenvalue weighted by Gasteiger charge is -2.04. The van der Waals surface area contributed by atoms with Crippen molar-refractivity contribution in [3.63, 3.8) is 0 Å². The average Bonchev–Trinajstić information content (AvgIpc) is 2.90. The Labute approximate surface area is 119 Å². The summed E-state index contributed by atoms with van der Waals surface area (Å²) in [5, 5.41) is 12.8. The molecule has 0 aliphatic heterocycles. The van der Waals surface area contributed by atoms with Crippen molar-refractivity contribution in [2.45, 2.75) is 13.2 Å². The Hall–Kier alpha value is -2.80. The van der Waals surface area contributed by atoms with Crippen LogP contribution in [0.1, 0.15) is 11.1 Å². The van der Waals surface area contributed by atoms with Gasteiger partial charge in [0.25, 0.3) is 0 Å². The number of aromatic nitrogens is 4. The molecule has 106 valence electrons. The molecule has 0 saturated carbocycles. The van der Waals surface area contributed by atoms with Gasteiger partial charge in [-0.25, -0.2) is 19.3 Å². The number of rotatable bonds is 4. The second kappa shape index (κ2) is 5.68. The average molecular weight is 284 g/mol. The summed E-state index contributed by atoms with van der Waals surface area (Å²) in [5.74, 6) is 0.0471. The Morgan fingerprint density at radius 2 is 1.76 bits per heavy atom. The summed E-state index contributed by atoms with van der Waals surface area (Å²) in [6, 6.07) is 8.94. The number of benzene rings is 1. The van der Waals surface area contributed by atoms with Gasteiger partial charge in [-0.3, -0.25) is 4.52 Å². The Bertz CT molecular complexity index is 778. The van der Waals surface area contributed by atoms with Crippen LogP contribution in [0.4, 0.5) is 0 Å². The predicted octanol–water partition coefficient (Wildman–Crippen LogP) is 0.834. The lowest BCUT2D eigenvalue weighted by atomic mass is 10.1. The standard InChI is InChI=1S/C14H12N4O3/c19-9-11-4-2-10(3-5-11)8-18-13(17-21-14(18)20)12-15-6-1-7-16-12/h1-7,19H,8-9H2. The maximum absolute atomic E-state index is 11.8. The molecule has 0 amide bonds. The number of hydrogen-bond donors (Lipinski definition) is 1. The number of nitrogens with zero attached hydrogens (tertiary/aromatic N) is 4. The fourth-order valence-corrected chi connectivity index (χ4v) is 1.92. The molecule has 3 rings (SSSR count). The fraction of sp³-hybridized carbons (Fsp3) is 0.143. The maximum atomic E-state index is 11.8. The van der Waals surface area contributed by atoms with Crippen molar-refractivity contribution in [3.8, 4) is 11.6 Å². The van der Waals surface area contributed by atoms with Gasteiger partial charge in [-0.15, -0.1) is 0 Å². The molecular weight excluding hydrogens is 272 g/mol. The van der Waals surface area contributed by atoms with Gasteiger partial charge in [-0.2, -0.15) is 0 Å². The third kappa shape index (κ3) is 2.72. The lowest BCUT2D eigenvalue weighted by Crippen LogP contribution is -2.16. The molecule has 0 bridgehead atoms. The van der Waals surface area contributed by atoms with E-state index in [1.54, 1.807) is 30.6 Å². The van der Waals surface area contributed by atoms with Gasteiger partial charge in [0, 0.05) is 12.4 Å². The Morgan fingerprint density at radius 3 is 2.43 bits per heavy atom. The van der Waals surface area contributed by atoms with Crippen LogP contribution in [0.3, 0.4) is 0 Å². The summed E-state index contributed by atoms with van der Waals surface area (Å²) in [5.41, 5.74) is 1.69. The first-order valence-corrected chi connectivity index (χ1v) is 6.30. The molecule has 0 radical (unpaired) electrons. The van der Waals surface area contributed by atoms with E-state index in [1.165, 1.54) is 4.57 Å². The van der Waals surface area contributed by atoms with E-state index in [0.29, 0.717) is 12.4 Å². The van der Waals surface area contributed by atoms with Crippen molar-refractivity contribution < 1.29 is 9.63 Å². The van der Waals surface area contributed by atoms with Gasteiger partial charge in [0.05, 0.1) is 13.2 Å². The molecule has 0 unspecified atom stereocenters. The van der Waals surface area contributed by atoms with Crippen LogP contribution in [0.15, 0.2) is 52.0 Å². The molecule has 2 heterocycles. The van der Waals surface area contributed by atoms with Crippen molar-refractivity contribution in [1.29, 1.82) is 0 Å². The first-order chi connectivity index (χ1) is 10.3. The van der Waals surface area contributed by atoms with Crippen LogP contribution in [0.5, 0.6) is 0 Å². The second-order valence-corrected chi connectivity index (χ2v) is 4.41. The zero-order chi connectivity index (χ0) is 14.7. The largest absolute Gasteiger partial charge is 0.442 e. The van der Waals surface area contributed by atoms with Crippen molar-refractivity contribution in [1.82, 2.24) is 19.7 Å². The summed E-state index contributed by atoms with van der Waals surface area (Å²) in [6.45, 7) is 0.276. The van der Waals surface area contributed by atoms with Crippen LogP contribution < -0.4 is 5.76 Å². The molecule has 0 aliphatic carbocycles. The highest BCUT2D eigenvalue weighted by Crippen LogP contribution is 2.12. The van der Waals surface area contributed by atoms with Crippen molar-refractivity contribution in [2.75, 3.05) is 0 Å². The highest BCUT2D eigenvalue weighted by atomic mass is 16.5. The van der Waals surface area contributed by atoms with E-state index >= 15 is 0 Å². The molecule has 21 heavy (non-hydrogen) atoms. The van der Waals surface area contributed by atoms with E-state index in [2.05, 4.69) is 15.1 Å². The van der Waals surface area contributed by atoms with Gasteiger partial charge in [-0.1, -0.05) is 29.4 Å². The maximum Gasteiger partial charge on any atom is 0.442 e. The van der Waals surface area contributed by atoms with E-state index in [0.717, 1.165) is 11.1 Å². The van der Waals surface area contributed by atoms with Crippen molar-refractivity contribution in [3.05, 3.63) is 64.4 Å². The van der Waals surface area contributed by atoms with Crippen LogP contribution in [0, 0.1) is 0 Å². The number of aliphatic hydroxyl groups is 1. The fourth-order valence-electron chi connectivity index (χ4n) is 1.92. The number of aliphatic hydroxyl groups excluding tert-OH is 1. The first-order valence-electron chi connectivity index (χ1n) is 6.30. The van der Waals surface area contributed by atoms with E-state index in [1.807, 2.05) is 12.1 Å². The molecule has 0 saturated heterocycles. The topological polar surface area (TPSA) is 94.0 Å². The summed E-state index contributed by atoms with van der Waals surface area (Å²) < 4.78 is 6.07. The van der Waals surface area contributed by atoms with Crippen LogP contribution >= 0.6 is 0 Å². The van der Waals surface area contributed by atoms with Crippen LogP contribution in [-0.2, 0) is 13.2 Å². The predicted molar refractivity (Wildman–Crippen MR) is 73.3 cm³/mol. The van der Waals surface area contributed by atoms with Gasteiger partial charge >= 0.3 is 5.76 Å². The zero-order valence-corrected chi connectivity index (χ0v) is 11.0. The van der Waals surface area contributed by atoms with E-state index in [9.17, 15) is 4.79 Å². The smallest absolute Gasteiger partial charge is 0.392 e. The molecule has 0 fully saturated rings. The molecule has 0 atom stereocenters. The van der Waals surface area contributed by atoms with Crippen LogP contribution in [0.25, 0.3) is 11.6 Å². The van der Waals surface area contributed by atoms with Gasteiger partial charge in [-0.05, 0) is 17.2 Å². The molecule has 1 N–H and O–H groups in total. The Kier molecular flexibility index (Phi) is 3.57. The number of hydrogen-bond acceptors (Lipinski definition) is 6. The molecule has 1 aromatic carbocycles. The van der Waals surface area contributed by atoms with E-state index in [4.69, 9.17) is 9.63 Å². The molecule has 0 aliphatic rings. The quantitative estimate of drug-likeness (QED) is 0.762. The third-order valence-electron chi connectivity index (χ3n) is 3.00. The highest BCUT2D eigenvalue weighted by molar-refractivity contribution is 5.41. The summed E-state index contributed by atoms with van der Waals surface area (Å²) in [4.78, 5) is 19.9. The molecular formula is C14H12N4O3. The zero-order valence-electron chi connectivity index (χ0n) is 11.0. The molecule has 2 aromatic heterocycles. The van der Waals surface area contributed by atoms with Crippen molar-refractivity contribution >= 4 is 0 Å². The molecule has 7 heteroatoms. The minimum absolute atomic E-state index is 0.0173. The summed E-state index contributed by atoms with van der Waals surface area (Å²) >= 11 is 0. The van der Waals surface area contributed by atoms with Crippen LogP contribution in [0.2, 0.25) is 0 Å². The van der Waals surface area contributed by atoms with Gasteiger partial charge in [0.1, 0.15) is 0 Å². The van der Waals surface area contributed by atoms with Gasteiger partial charge in [0.15, 0.2) is 5.82 Å². The van der Waals surface area contributed by atoms with Gasteiger partial charge in [0.2, 0.25) is 5.82 Å². The second-order valence-electron chi connectivity index (χ2n) is 4.41. The monoisotopic (exact) mass is 284 g/mol. The minimum Gasteiger partial charge on any atom is -0.392 e. The normalized spacial score (nSPS) is 10.7. The highest BCUT2D eigenvalue weighted by Gasteiger charge is 2.15. The van der Waals surface area contributed by atoms with E-state index in [-0.39, 0.29) is 12.4 Å². The first kappa shape index (κ1) is 13.2. The molecule has 7 nitrogen and oxygen atoms in total. The minimum atomic E-state index is -0.566. The Morgan fingerprint density at radius 1 is 1.10 bits per heavy atom. The molecule has 0 spiro atoms. The Balaban J connectivity index is 1.95. The SMILES string of the molecule is O=c1onc(-c2ncccn2)n1Cc1ccc(CO)cc1. The lowest BCUT2D eigenvalue weighted by molar-refractivity contribution is 0.282. The van der Waals surface area contributed by atoms with Crippen molar-refractivity contribution in [2.24, 2.45) is 0 Å². The van der Waals surface area contributed by atoms with E-state index < -0.39 is 5.76 Å². The third-order valence-corrected chi connectivity index (χ3v) is 3.00. The van der Waals surface area contributed by atoms with Crippen LogP contribution in [-0.4, -0.2) is 24.8 Å².